The molecule has 1 aliphatic heterocycles. The Morgan fingerprint density at radius 3 is 2.95 bits per heavy atom. The topological polar surface area (TPSA) is 35.5 Å². The van der Waals surface area contributed by atoms with Crippen molar-refractivity contribution in [3.63, 3.8) is 0 Å². The summed E-state index contributed by atoms with van der Waals surface area (Å²) in [5, 5.41) is 0.553. The van der Waals surface area contributed by atoms with Gasteiger partial charge in [0.25, 0.3) is 0 Å². The minimum atomic E-state index is 0.0523. The lowest BCUT2D eigenvalue weighted by atomic mass is 9.74. The van der Waals surface area contributed by atoms with Crippen molar-refractivity contribution in [3.05, 3.63) is 28.8 Å². The number of carbonyl (C=O) groups excluding carboxylic acids is 1. The van der Waals surface area contributed by atoms with Gasteiger partial charge in [-0.2, -0.15) is 0 Å². The summed E-state index contributed by atoms with van der Waals surface area (Å²) in [6.45, 7) is 0.745. The first kappa shape index (κ1) is 12.9. The van der Waals surface area contributed by atoms with Crippen molar-refractivity contribution in [1.82, 2.24) is 0 Å². The molecule has 1 aliphatic carbocycles. The average Bonchev–Trinajstić information content (AvgIpc) is 2.39. The summed E-state index contributed by atoms with van der Waals surface area (Å²) in [7, 11) is 0. The highest BCUT2D eigenvalue weighted by Crippen LogP contribution is 2.43. The number of ether oxygens (including phenoxy) is 2. The molecule has 0 amide bonds. The predicted molar refractivity (Wildman–Crippen MR) is 73.0 cm³/mol. The van der Waals surface area contributed by atoms with Gasteiger partial charge in [-0.05, 0) is 37.5 Å². The van der Waals surface area contributed by atoms with Gasteiger partial charge in [-0.1, -0.05) is 11.6 Å². The van der Waals surface area contributed by atoms with Crippen molar-refractivity contribution in [3.8, 4) is 5.75 Å². The van der Waals surface area contributed by atoms with Crippen LogP contribution in [0.1, 0.15) is 42.5 Å². The van der Waals surface area contributed by atoms with Crippen molar-refractivity contribution in [2.45, 2.75) is 43.8 Å². The second-order valence-electron chi connectivity index (χ2n) is 5.42. The Morgan fingerprint density at radius 2 is 2.26 bits per heavy atom. The lowest BCUT2D eigenvalue weighted by Crippen LogP contribution is -2.48. The Labute approximate surface area is 117 Å². The van der Waals surface area contributed by atoms with Gasteiger partial charge in [-0.3, -0.25) is 4.79 Å². The molecule has 2 fully saturated rings. The van der Waals surface area contributed by atoms with Crippen LogP contribution >= 0.6 is 11.6 Å². The summed E-state index contributed by atoms with van der Waals surface area (Å²) in [6, 6.07) is 5.17. The number of carbonyl (C=O) groups is 1. The van der Waals surface area contributed by atoms with E-state index in [9.17, 15) is 4.79 Å². The van der Waals surface area contributed by atoms with E-state index >= 15 is 0 Å². The molecule has 1 heterocycles. The van der Waals surface area contributed by atoms with Gasteiger partial charge in [-0.15, -0.1) is 0 Å². The summed E-state index contributed by atoms with van der Waals surface area (Å²) >= 11 is 5.88. The zero-order valence-electron chi connectivity index (χ0n) is 10.7. The third-order valence-corrected chi connectivity index (χ3v) is 4.34. The minimum Gasteiger partial charge on any atom is -0.489 e. The molecule has 1 atom stereocenters. The van der Waals surface area contributed by atoms with E-state index in [2.05, 4.69) is 0 Å². The quantitative estimate of drug-likeness (QED) is 0.793. The normalized spacial score (nSPS) is 24.8. The van der Waals surface area contributed by atoms with Gasteiger partial charge < -0.3 is 9.47 Å². The van der Waals surface area contributed by atoms with E-state index in [4.69, 9.17) is 21.1 Å². The van der Waals surface area contributed by atoms with Crippen molar-refractivity contribution >= 4 is 17.9 Å². The molecule has 4 heteroatoms. The molecular weight excluding hydrogens is 264 g/mol. The number of hydrogen-bond acceptors (Lipinski definition) is 3. The Bertz CT molecular complexity index is 482. The van der Waals surface area contributed by atoms with Crippen LogP contribution in [-0.2, 0) is 4.74 Å². The van der Waals surface area contributed by atoms with Gasteiger partial charge in [0.05, 0.1) is 17.8 Å². The molecule has 0 radical (unpaired) electrons. The maximum Gasteiger partial charge on any atom is 0.153 e. The second-order valence-corrected chi connectivity index (χ2v) is 5.85. The van der Waals surface area contributed by atoms with Crippen LogP contribution in [0, 0.1) is 0 Å². The van der Waals surface area contributed by atoms with E-state index in [0.29, 0.717) is 16.3 Å². The fourth-order valence-electron chi connectivity index (χ4n) is 2.90. The number of hydrogen-bond donors (Lipinski definition) is 0. The van der Waals surface area contributed by atoms with E-state index < -0.39 is 0 Å². The molecule has 0 bridgehead atoms. The first-order valence-electron chi connectivity index (χ1n) is 6.76. The van der Waals surface area contributed by atoms with Crippen molar-refractivity contribution < 1.29 is 14.3 Å². The summed E-state index contributed by atoms with van der Waals surface area (Å²) in [4.78, 5) is 11.1. The van der Waals surface area contributed by atoms with Crippen LogP contribution in [-0.4, -0.2) is 24.6 Å². The molecule has 0 N–H and O–H groups in total. The van der Waals surface area contributed by atoms with Crippen LogP contribution < -0.4 is 4.74 Å². The van der Waals surface area contributed by atoms with E-state index in [-0.39, 0.29) is 11.7 Å². The molecule has 0 aromatic heterocycles. The Hall–Kier alpha value is -1.06. The van der Waals surface area contributed by atoms with Crippen LogP contribution in [0.15, 0.2) is 18.2 Å². The summed E-state index contributed by atoms with van der Waals surface area (Å²) in [5.74, 6) is 0.626. The SMILES string of the molecule is O=Cc1cc(Cl)ccc1OC1CCOC2(CCC2)C1. The van der Waals surface area contributed by atoms with Crippen molar-refractivity contribution in [2.24, 2.45) is 0 Å². The number of halogens is 1. The fourth-order valence-corrected chi connectivity index (χ4v) is 3.08. The lowest BCUT2D eigenvalue weighted by Gasteiger charge is -2.46. The maximum absolute atomic E-state index is 11.1. The summed E-state index contributed by atoms with van der Waals surface area (Å²) in [5.41, 5.74) is 0.568. The first-order valence-corrected chi connectivity index (χ1v) is 7.14. The van der Waals surface area contributed by atoms with Gasteiger partial charge in [0, 0.05) is 17.9 Å². The minimum absolute atomic E-state index is 0.0523. The monoisotopic (exact) mass is 280 g/mol. The summed E-state index contributed by atoms with van der Waals surface area (Å²) in [6.07, 6.45) is 6.24. The fraction of sp³-hybridized carbons (Fsp3) is 0.533. The molecular formula is C15H17ClO3. The zero-order valence-corrected chi connectivity index (χ0v) is 11.5. The van der Waals surface area contributed by atoms with Crippen LogP contribution in [0.5, 0.6) is 5.75 Å². The summed E-state index contributed by atoms with van der Waals surface area (Å²) < 4.78 is 11.9. The third kappa shape index (κ3) is 2.63. The first-order chi connectivity index (χ1) is 9.21. The van der Waals surface area contributed by atoms with Gasteiger partial charge in [-0.25, -0.2) is 0 Å². The molecule has 3 rings (SSSR count). The average molecular weight is 281 g/mol. The van der Waals surface area contributed by atoms with E-state index in [1.807, 2.05) is 0 Å². The molecule has 1 aromatic carbocycles. The van der Waals surface area contributed by atoms with E-state index in [1.165, 1.54) is 6.42 Å². The van der Waals surface area contributed by atoms with Gasteiger partial charge in [0.2, 0.25) is 0 Å². The number of rotatable bonds is 3. The van der Waals surface area contributed by atoms with Crippen molar-refractivity contribution in [1.29, 1.82) is 0 Å². The molecule has 1 unspecified atom stereocenters. The number of aldehydes is 1. The lowest BCUT2D eigenvalue weighted by molar-refractivity contribution is -0.153. The molecule has 3 nitrogen and oxygen atoms in total. The molecule has 1 aromatic rings. The predicted octanol–water partition coefficient (Wildman–Crippen LogP) is 3.63. The Balaban J connectivity index is 1.72. The van der Waals surface area contributed by atoms with Gasteiger partial charge in [0.15, 0.2) is 6.29 Å². The smallest absolute Gasteiger partial charge is 0.153 e. The van der Waals surface area contributed by atoms with Gasteiger partial charge >= 0.3 is 0 Å². The highest BCUT2D eigenvalue weighted by molar-refractivity contribution is 6.30. The van der Waals surface area contributed by atoms with Crippen LogP contribution in [0.4, 0.5) is 0 Å². The second kappa shape index (κ2) is 5.14. The van der Waals surface area contributed by atoms with E-state index in [0.717, 1.165) is 38.6 Å². The van der Waals surface area contributed by atoms with Crippen LogP contribution in [0.2, 0.25) is 5.02 Å². The molecule has 19 heavy (non-hydrogen) atoms. The Kier molecular flexibility index (Phi) is 3.50. The highest BCUT2D eigenvalue weighted by Gasteiger charge is 2.43. The highest BCUT2D eigenvalue weighted by atomic mass is 35.5. The molecule has 1 spiro atoms. The number of benzene rings is 1. The third-order valence-electron chi connectivity index (χ3n) is 4.10. The molecule has 102 valence electrons. The molecule has 1 saturated carbocycles. The zero-order chi connectivity index (χ0) is 13.3. The van der Waals surface area contributed by atoms with Gasteiger partial charge in [0.1, 0.15) is 11.9 Å². The van der Waals surface area contributed by atoms with Crippen molar-refractivity contribution in [2.75, 3.05) is 6.61 Å². The van der Waals surface area contributed by atoms with E-state index in [1.54, 1.807) is 18.2 Å². The maximum atomic E-state index is 11.1. The molecule has 1 saturated heterocycles. The van der Waals surface area contributed by atoms with Crippen LogP contribution in [0.25, 0.3) is 0 Å². The largest absolute Gasteiger partial charge is 0.489 e. The molecule has 2 aliphatic rings. The van der Waals surface area contributed by atoms with Crippen LogP contribution in [0.3, 0.4) is 0 Å². The standard InChI is InChI=1S/C15H17ClO3/c16-12-2-3-14(11(8-12)10-17)19-13-4-7-18-15(9-13)5-1-6-15/h2-3,8,10,13H,1,4-7,9H2. The Morgan fingerprint density at radius 1 is 1.42 bits per heavy atom.